The molecule has 0 amide bonds. The normalized spacial score (nSPS) is 18.1. The van der Waals surface area contributed by atoms with Crippen molar-refractivity contribution >= 4 is 12.8 Å². The van der Waals surface area contributed by atoms with Gasteiger partial charge in [-0.25, -0.2) is 0 Å². The molecule has 1 N–H and O–H groups in total. The second kappa shape index (κ2) is 3.69. The van der Waals surface area contributed by atoms with E-state index in [0.29, 0.717) is 6.54 Å². The van der Waals surface area contributed by atoms with Crippen molar-refractivity contribution in [2.75, 3.05) is 13.2 Å². The molecule has 3 nitrogen and oxygen atoms in total. The third-order valence-corrected chi connectivity index (χ3v) is 2.10. The molecule has 0 bridgehead atoms. The molecule has 10 heavy (non-hydrogen) atoms. The molecule has 4 heteroatoms. The summed E-state index contributed by atoms with van der Waals surface area (Å²) in [5.41, 5.74) is 0.204. The van der Waals surface area contributed by atoms with Crippen LogP contribution >= 0.6 is 7.37 Å². The molecule has 0 heterocycles. The molecule has 1 unspecified atom stereocenters. The van der Waals surface area contributed by atoms with Crippen molar-refractivity contribution in [1.82, 2.24) is 0 Å². The van der Waals surface area contributed by atoms with E-state index in [2.05, 4.69) is 11.6 Å². The SMILES string of the molecule is C=C/C(=N\CC)P(C)(=O)O. The fraction of sp³-hybridized carbons (Fsp3) is 0.500. The molecular weight excluding hydrogens is 149 g/mol. The molecule has 58 valence electrons. The van der Waals surface area contributed by atoms with E-state index in [-0.39, 0.29) is 5.45 Å². The Labute approximate surface area is 60.9 Å². The standard InChI is InChI=1S/C6H12NO2P/c1-4-6(7-5-2)10(3,8)9/h4H,1,5H2,2-3H3,(H,8,9)/b7-6+. The van der Waals surface area contributed by atoms with Gasteiger partial charge in [0, 0.05) is 13.2 Å². The van der Waals surface area contributed by atoms with E-state index >= 15 is 0 Å². The predicted molar refractivity (Wildman–Crippen MR) is 43.9 cm³/mol. The summed E-state index contributed by atoms with van der Waals surface area (Å²) in [4.78, 5) is 12.8. The molecule has 0 aromatic carbocycles. The highest BCUT2D eigenvalue weighted by molar-refractivity contribution is 7.75. The van der Waals surface area contributed by atoms with Crippen LogP contribution in [0.4, 0.5) is 0 Å². The third-order valence-electron chi connectivity index (χ3n) is 0.928. The van der Waals surface area contributed by atoms with Crippen LogP contribution in [0.15, 0.2) is 17.6 Å². The summed E-state index contributed by atoms with van der Waals surface area (Å²) in [6.45, 7) is 6.95. The molecule has 0 spiro atoms. The first kappa shape index (κ1) is 9.60. The van der Waals surface area contributed by atoms with Gasteiger partial charge in [0.2, 0.25) is 7.37 Å². The Hall–Kier alpha value is -0.400. The minimum atomic E-state index is -3.16. The summed E-state index contributed by atoms with van der Waals surface area (Å²) >= 11 is 0. The van der Waals surface area contributed by atoms with Crippen LogP contribution in [0.25, 0.3) is 0 Å². The average Bonchev–Trinajstić information content (AvgIpc) is 1.80. The maximum Gasteiger partial charge on any atom is 0.243 e. The van der Waals surface area contributed by atoms with Gasteiger partial charge in [-0.05, 0) is 13.0 Å². The zero-order valence-electron chi connectivity index (χ0n) is 6.24. The van der Waals surface area contributed by atoms with Crippen molar-refractivity contribution in [3.63, 3.8) is 0 Å². The van der Waals surface area contributed by atoms with Crippen molar-refractivity contribution in [2.24, 2.45) is 4.99 Å². The Morgan fingerprint density at radius 3 is 2.50 bits per heavy atom. The number of allylic oxidation sites excluding steroid dienone is 1. The molecule has 0 saturated heterocycles. The Bertz CT molecular complexity index is 192. The van der Waals surface area contributed by atoms with Gasteiger partial charge in [0.1, 0.15) is 5.45 Å². The summed E-state index contributed by atoms with van der Waals surface area (Å²) in [5.74, 6) is 0. The Kier molecular flexibility index (Phi) is 3.54. The van der Waals surface area contributed by atoms with E-state index in [9.17, 15) is 4.57 Å². The number of nitrogens with zero attached hydrogens (tertiary/aromatic N) is 1. The Morgan fingerprint density at radius 2 is 2.40 bits per heavy atom. The van der Waals surface area contributed by atoms with E-state index in [1.54, 1.807) is 6.92 Å². The van der Waals surface area contributed by atoms with Crippen molar-refractivity contribution in [3.8, 4) is 0 Å². The van der Waals surface area contributed by atoms with E-state index in [4.69, 9.17) is 4.89 Å². The van der Waals surface area contributed by atoms with Crippen LogP contribution in [0.5, 0.6) is 0 Å². The molecule has 0 aliphatic rings. The smallest absolute Gasteiger partial charge is 0.243 e. The maximum atomic E-state index is 10.9. The summed E-state index contributed by atoms with van der Waals surface area (Å²) in [6.07, 6.45) is 1.32. The highest BCUT2D eigenvalue weighted by atomic mass is 31.2. The molecule has 0 aromatic heterocycles. The van der Waals surface area contributed by atoms with E-state index in [1.165, 1.54) is 12.7 Å². The lowest BCUT2D eigenvalue weighted by Crippen LogP contribution is -1.94. The topological polar surface area (TPSA) is 49.7 Å². The lowest BCUT2D eigenvalue weighted by atomic mass is 10.7. The third kappa shape index (κ3) is 2.95. The van der Waals surface area contributed by atoms with Crippen molar-refractivity contribution in [3.05, 3.63) is 12.7 Å². The predicted octanol–water partition coefficient (Wildman–Crippen LogP) is 1.49. The highest BCUT2D eigenvalue weighted by Crippen LogP contribution is 2.37. The Balaban J connectivity index is 4.53. The highest BCUT2D eigenvalue weighted by Gasteiger charge is 2.14. The van der Waals surface area contributed by atoms with Crippen LogP contribution in [-0.2, 0) is 4.57 Å². The first-order valence-electron chi connectivity index (χ1n) is 3.00. The van der Waals surface area contributed by atoms with Gasteiger partial charge >= 0.3 is 0 Å². The molecule has 0 saturated carbocycles. The van der Waals surface area contributed by atoms with Crippen LogP contribution in [0.1, 0.15) is 6.92 Å². The first-order chi connectivity index (χ1) is 4.52. The molecule has 1 atom stereocenters. The van der Waals surface area contributed by atoms with Gasteiger partial charge in [-0.1, -0.05) is 6.58 Å². The first-order valence-corrected chi connectivity index (χ1v) is 5.10. The van der Waals surface area contributed by atoms with Gasteiger partial charge in [0.15, 0.2) is 0 Å². The van der Waals surface area contributed by atoms with E-state index < -0.39 is 7.37 Å². The monoisotopic (exact) mass is 161 g/mol. The summed E-state index contributed by atoms with van der Waals surface area (Å²) in [6, 6.07) is 0. The van der Waals surface area contributed by atoms with Crippen molar-refractivity contribution in [2.45, 2.75) is 6.92 Å². The summed E-state index contributed by atoms with van der Waals surface area (Å²) in [5, 5.41) is 0. The second-order valence-electron chi connectivity index (χ2n) is 1.92. The van der Waals surface area contributed by atoms with E-state index in [0.717, 1.165) is 0 Å². The van der Waals surface area contributed by atoms with E-state index in [1.807, 2.05) is 0 Å². The molecule has 0 aliphatic carbocycles. The molecule has 0 aliphatic heterocycles. The van der Waals surface area contributed by atoms with Gasteiger partial charge in [0.25, 0.3) is 0 Å². The van der Waals surface area contributed by atoms with Gasteiger partial charge in [-0.3, -0.25) is 9.56 Å². The van der Waals surface area contributed by atoms with Gasteiger partial charge < -0.3 is 4.89 Å². The molecule has 0 fully saturated rings. The van der Waals surface area contributed by atoms with Crippen LogP contribution < -0.4 is 0 Å². The fourth-order valence-electron chi connectivity index (χ4n) is 0.527. The van der Waals surface area contributed by atoms with Gasteiger partial charge in [-0.15, -0.1) is 0 Å². The molecule has 0 radical (unpaired) electrons. The molecule has 0 rings (SSSR count). The minimum Gasteiger partial charge on any atom is -0.340 e. The van der Waals surface area contributed by atoms with Gasteiger partial charge in [0.05, 0.1) is 0 Å². The van der Waals surface area contributed by atoms with Crippen LogP contribution in [0.3, 0.4) is 0 Å². The number of hydrogen-bond donors (Lipinski definition) is 1. The zero-order chi connectivity index (χ0) is 8.20. The number of hydrogen-bond acceptors (Lipinski definition) is 2. The number of rotatable bonds is 3. The minimum absolute atomic E-state index is 0.204. The van der Waals surface area contributed by atoms with Crippen LogP contribution in [-0.4, -0.2) is 23.6 Å². The largest absolute Gasteiger partial charge is 0.340 e. The summed E-state index contributed by atoms with van der Waals surface area (Å²) in [7, 11) is -3.16. The molecular formula is C6H12NO2P. The number of aliphatic imine (C=N–C) groups is 1. The maximum absolute atomic E-state index is 10.9. The van der Waals surface area contributed by atoms with Gasteiger partial charge in [-0.2, -0.15) is 0 Å². The average molecular weight is 161 g/mol. The fourth-order valence-corrected chi connectivity index (χ4v) is 1.27. The quantitative estimate of drug-likeness (QED) is 0.503. The van der Waals surface area contributed by atoms with Crippen LogP contribution in [0, 0.1) is 0 Å². The summed E-state index contributed by atoms with van der Waals surface area (Å²) < 4.78 is 10.9. The zero-order valence-corrected chi connectivity index (χ0v) is 7.14. The Morgan fingerprint density at radius 1 is 1.90 bits per heavy atom. The van der Waals surface area contributed by atoms with Crippen molar-refractivity contribution < 1.29 is 9.46 Å². The second-order valence-corrected chi connectivity index (χ2v) is 4.13. The molecule has 0 aromatic rings. The van der Waals surface area contributed by atoms with Crippen LogP contribution in [0.2, 0.25) is 0 Å². The lowest BCUT2D eigenvalue weighted by Gasteiger charge is -2.02. The lowest BCUT2D eigenvalue weighted by molar-refractivity contribution is 0.499. The van der Waals surface area contributed by atoms with Crippen molar-refractivity contribution in [1.29, 1.82) is 0 Å².